The van der Waals surface area contributed by atoms with Crippen molar-refractivity contribution < 1.29 is 0 Å². The van der Waals surface area contributed by atoms with Crippen LogP contribution in [-0.2, 0) is 0 Å². The first-order chi connectivity index (χ1) is 4.88. The highest BCUT2D eigenvalue weighted by Crippen LogP contribution is 2.31. The van der Waals surface area contributed by atoms with Gasteiger partial charge in [-0.3, -0.25) is 0 Å². The van der Waals surface area contributed by atoms with Crippen LogP contribution in [0, 0.1) is 5.92 Å². The number of halogens is 1. The molecule has 0 aliphatic heterocycles. The van der Waals surface area contributed by atoms with Gasteiger partial charge in [0.1, 0.15) is 0 Å². The Morgan fingerprint density at radius 2 is 2.00 bits per heavy atom. The summed E-state index contributed by atoms with van der Waals surface area (Å²) in [5, 5.41) is 0.880. The summed E-state index contributed by atoms with van der Waals surface area (Å²) in [6.45, 7) is 0. The van der Waals surface area contributed by atoms with Gasteiger partial charge in [-0.1, -0.05) is 42.0 Å². The lowest BCUT2D eigenvalue weighted by Gasteiger charge is -2.07. The number of rotatable bonds is 0. The monoisotopic (exact) mass is 150 g/mol. The zero-order valence-electron chi connectivity index (χ0n) is 5.42. The summed E-state index contributed by atoms with van der Waals surface area (Å²) in [4.78, 5) is 0. The molecule has 0 fully saturated rings. The van der Waals surface area contributed by atoms with Gasteiger partial charge in [0.2, 0.25) is 0 Å². The maximum atomic E-state index is 5.89. The Labute approximate surface area is 65.2 Å². The maximum Gasteiger partial charge on any atom is 0.0444 e. The maximum absolute atomic E-state index is 5.89. The number of fused-ring (bicyclic) bond motifs is 1. The molecule has 1 heteroatoms. The van der Waals surface area contributed by atoms with Gasteiger partial charge in [-0.05, 0) is 11.6 Å². The van der Waals surface area contributed by atoms with E-state index in [1.165, 1.54) is 5.57 Å². The van der Waals surface area contributed by atoms with Crippen molar-refractivity contribution in [2.45, 2.75) is 0 Å². The Bertz CT molecular complexity index is 266. The van der Waals surface area contributed by atoms with Crippen LogP contribution >= 0.6 is 11.6 Å². The average Bonchev–Trinajstić information content (AvgIpc) is 2.34. The van der Waals surface area contributed by atoms with Crippen molar-refractivity contribution >= 4 is 11.6 Å². The highest BCUT2D eigenvalue weighted by Gasteiger charge is 2.15. The summed E-state index contributed by atoms with van der Waals surface area (Å²) in [6.07, 6.45) is 12.3. The van der Waals surface area contributed by atoms with Crippen molar-refractivity contribution in [2.75, 3.05) is 0 Å². The van der Waals surface area contributed by atoms with Gasteiger partial charge in [-0.2, -0.15) is 0 Å². The second-order valence-electron chi connectivity index (χ2n) is 2.43. The fraction of sp³-hybridized carbons (Fsp3) is 0.111. The predicted molar refractivity (Wildman–Crippen MR) is 43.8 cm³/mol. The molecule has 50 valence electrons. The van der Waals surface area contributed by atoms with Crippen molar-refractivity contribution in [3.8, 4) is 0 Å². The predicted octanol–water partition coefficient (Wildman–Crippen LogP) is 2.79. The van der Waals surface area contributed by atoms with E-state index in [-0.39, 0.29) is 0 Å². The Morgan fingerprint density at radius 3 is 2.80 bits per heavy atom. The van der Waals surface area contributed by atoms with Crippen LogP contribution in [0.1, 0.15) is 0 Å². The van der Waals surface area contributed by atoms with Crippen LogP contribution in [0.4, 0.5) is 0 Å². The normalized spacial score (nSPS) is 27.9. The molecule has 0 saturated carbocycles. The van der Waals surface area contributed by atoms with Gasteiger partial charge >= 0.3 is 0 Å². The van der Waals surface area contributed by atoms with E-state index in [0.717, 1.165) is 5.03 Å². The van der Waals surface area contributed by atoms with Gasteiger partial charge in [0.05, 0.1) is 0 Å². The average molecular weight is 151 g/mol. The largest absolute Gasteiger partial charge is 0.0840 e. The first-order valence-electron chi connectivity index (χ1n) is 3.31. The lowest BCUT2D eigenvalue weighted by Crippen LogP contribution is -1.93. The molecule has 2 aliphatic rings. The SMILES string of the molecule is ClC1=C2C=CC=CC2C=C1. The van der Waals surface area contributed by atoms with Gasteiger partial charge in [-0.15, -0.1) is 0 Å². The molecule has 2 aliphatic carbocycles. The van der Waals surface area contributed by atoms with E-state index in [9.17, 15) is 0 Å². The molecule has 0 aromatic rings. The minimum absolute atomic E-state index is 0.442. The summed E-state index contributed by atoms with van der Waals surface area (Å²) < 4.78 is 0. The van der Waals surface area contributed by atoms with Gasteiger partial charge in [0, 0.05) is 11.0 Å². The molecule has 0 heterocycles. The fourth-order valence-corrected chi connectivity index (χ4v) is 1.51. The van der Waals surface area contributed by atoms with Crippen LogP contribution < -0.4 is 0 Å². The van der Waals surface area contributed by atoms with Crippen molar-refractivity contribution in [1.82, 2.24) is 0 Å². The molecule has 0 spiro atoms. The fourth-order valence-electron chi connectivity index (χ4n) is 1.25. The molecule has 0 N–H and O–H groups in total. The quantitative estimate of drug-likeness (QED) is 0.498. The highest BCUT2D eigenvalue weighted by atomic mass is 35.5. The van der Waals surface area contributed by atoms with Crippen LogP contribution in [0.5, 0.6) is 0 Å². The van der Waals surface area contributed by atoms with Crippen LogP contribution in [0.2, 0.25) is 0 Å². The van der Waals surface area contributed by atoms with Gasteiger partial charge < -0.3 is 0 Å². The Morgan fingerprint density at radius 1 is 1.10 bits per heavy atom. The van der Waals surface area contributed by atoms with Gasteiger partial charge in [0.25, 0.3) is 0 Å². The highest BCUT2D eigenvalue weighted by molar-refractivity contribution is 6.32. The molecule has 0 bridgehead atoms. The molecule has 0 radical (unpaired) electrons. The first-order valence-corrected chi connectivity index (χ1v) is 3.68. The van der Waals surface area contributed by atoms with Crippen molar-refractivity contribution in [2.24, 2.45) is 5.92 Å². The van der Waals surface area contributed by atoms with Gasteiger partial charge in [-0.25, -0.2) is 0 Å². The minimum Gasteiger partial charge on any atom is -0.0840 e. The molecule has 1 unspecified atom stereocenters. The van der Waals surface area contributed by atoms with E-state index in [1.54, 1.807) is 0 Å². The molecule has 0 aromatic carbocycles. The Balaban J connectivity index is 2.46. The van der Waals surface area contributed by atoms with E-state index < -0.39 is 0 Å². The number of hydrogen-bond donors (Lipinski definition) is 0. The lowest BCUT2D eigenvalue weighted by atomic mass is 9.98. The second kappa shape index (κ2) is 2.14. The standard InChI is InChI=1S/C9H7Cl/c10-9-6-5-7-3-1-2-4-8(7)9/h1-7H. The van der Waals surface area contributed by atoms with Gasteiger partial charge in [0.15, 0.2) is 0 Å². The van der Waals surface area contributed by atoms with Crippen molar-refractivity contribution in [3.63, 3.8) is 0 Å². The number of hydrogen-bond acceptors (Lipinski definition) is 0. The molecule has 0 saturated heterocycles. The van der Waals surface area contributed by atoms with Crippen LogP contribution in [0.15, 0.2) is 47.1 Å². The zero-order chi connectivity index (χ0) is 6.97. The molecule has 2 rings (SSSR count). The van der Waals surface area contributed by atoms with Crippen LogP contribution in [-0.4, -0.2) is 0 Å². The summed E-state index contributed by atoms with van der Waals surface area (Å²) >= 11 is 5.89. The zero-order valence-corrected chi connectivity index (χ0v) is 6.18. The summed E-state index contributed by atoms with van der Waals surface area (Å²) in [5.41, 5.74) is 1.23. The third-order valence-corrected chi connectivity index (χ3v) is 2.13. The second-order valence-corrected chi connectivity index (χ2v) is 2.84. The lowest BCUT2D eigenvalue weighted by molar-refractivity contribution is 1.02. The minimum atomic E-state index is 0.442. The van der Waals surface area contributed by atoms with Crippen LogP contribution in [0.3, 0.4) is 0 Å². The molecule has 0 aromatic heterocycles. The number of allylic oxidation sites excluding steroid dienone is 8. The van der Waals surface area contributed by atoms with Crippen molar-refractivity contribution in [1.29, 1.82) is 0 Å². The smallest absolute Gasteiger partial charge is 0.0444 e. The molecule has 10 heavy (non-hydrogen) atoms. The molecule has 0 amide bonds. The van der Waals surface area contributed by atoms with Crippen molar-refractivity contribution in [3.05, 3.63) is 47.1 Å². The first kappa shape index (κ1) is 5.99. The molecule has 0 nitrogen and oxygen atoms in total. The Hall–Kier alpha value is -0.750. The summed E-state index contributed by atoms with van der Waals surface area (Å²) in [6, 6.07) is 0. The van der Waals surface area contributed by atoms with Crippen LogP contribution in [0.25, 0.3) is 0 Å². The topological polar surface area (TPSA) is 0 Å². The third-order valence-electron chi connectivity index (χ3n) is 1.79. The van der Waals surface area contributed by atoms with E-state index in [4.69, 9.17) is 11.6 Å². The summed E-state index contributed by atoms with van der Waals surface area (Å²) in [7, 11) is 0. The molecular formula is C9H7Cl. The van der Waals surface area contributed by atoms with E-state index >= 15 is 0 Å². The third kappa shape index (κ3) is 0.764. The Kier molecular flexibility index (Phi) is 1.28. The molecule has 1 atom stereocenters. The van der Waals surface area contributed by atoms with E-state index in [2.05, 4.69) is 18.2 Å². The molecular weight excluding hydrogens is 144 g/mol. The van der Waals surface area contributed by atoms with E-state index in [1.807, 2.05) is 18.2 Å². The summed E-state index contributed by atoms with van der Waals surface area (Å²) in [5.74, 6) is 0.442. The van der Waals surface area contributed by atoms with E-state index in [0.29, 0.717) is 5.92 Å².